The van der Waals surface area contributed by atoms with Crippen LogP contribution in [0.4, 0.5) is 5.69 Å². The summed E-state index contributed by atoms with van der Waals surface area (Å²) in [6.45, 7) is 10.8. The van der Waals surface area contributed by atoms with Gasteiger partial charge in [-0.3, -0.25) is 19.5 Å². The van der Waals surface area contributed by atoms with Gasteiger partial charge in [0.15, 0.2) is 0 Å². The predicted molar refractivity (Wildman–Crippen MR) is 122 cm³/mol. The second kappa shape index (κ2) is 9.18. The minimum Gasteiger partial charge on any atom is -0.340 e. The molecular weight excluding hydrogens is 388 g/mol. The molecule has 0 aliphatic carbocycles. The Bertz CT molecular complexity index is 933. The van der Waals surface area contributed by atoms with Crippen molar-refractivity contribution in [3.05, 3.63) is 59.4 Å². The molecule has 3 heterocycles. The summed E-state index contributed by atoms with van der Waals surface area (Å²) in [7, 11) is 0. The number of hydrogen-bond donors (Lipinski definition) is 0. The molecule has 0 N–H and O–H groups in total. The maximum Gasteiger partial charge on any atom is 0.228 e. The Kier molecular flexibility index (Phi) is 6.37. The van der Waals surface area contributed by atoms with Gasteiger partial charge in [-0.15, -0.1) is 0 Å². The van der Waals surface area contributed by atoms with E-state index in [0.29, 0.717) is 32.0 Å². The molecule has 0 radical (unpaired) electrons. The summed E-state index contributed by atoms with van der Waals surface area (Å²) in [5, 5.41) is 0. The van der Waals surface area contributed by atoms with Crippen molar-refractivity contribution < 1.29 is 9.59 Å². The van der Waals surface area contributed by atoms with Gasteiger partial charge in [0.1, 0.15) is 0 Å². The van der Waals surface area contributed by atoms with E-state index in [9.17, 15) is 9.59 Å². The molecule has 6 heteroatoms. The van der Waals surface area contributed by atoms with Gasteiger partial charge in [0.2, 0.25) is 11.8 Å². The highest BCUT2D eigenvalue weighted by atomic mass is 16.2. The van der Waals surface area contributed by atoms with E-state index in [1.54, 1.807) is 4.90 Å². The van der Waals surface area contributed by atoms with Gasteiger partial charge >= 0.3 is 0 Å². The van der Waals surface area contributed by atoms with Crippen molar-refractivity contribution in [2.75, 3.05) is 37.6 Å². The first kappa shape index (κ1) is 21.5. The Labute approximate surface area is 184 Å². The Morgan fingerprint density at radius 3 is 2.45 bits per heavy atom. The molecule has 2 aliphatic rings. The van der Waals surface area contributed by atoms with Crippen LogP contribution in [0.25, 0.3) is 0 Å². The van der Waals surface area contributed by atoms with Gasteiger partial charge in [-0.25, -0.2) is 0 Å². The molecule has 31 heavy (non-hydrogen) atoms. The van der Waals surface area contributed by atoms with Gasteiger partial charge in [-0.2, -0.15) is 0 Å². The zero-order valence-electron chi connectivity index (χ0n) is 18.8. The maximum absolute atomic E-state index is 13.1. The summed E-state index contributed by atoms with van der Waals surface area (Å²) in [4.78, 5) is 36.3. The Hall–Kier alpha value is -2.73. The number of pyridine rings is 1. The number of rotatable bonds is 5. The molecule has 2 aliphatic heterocycles. The van der Waals surface area contributed by atoms with Crippen molar-refractivity contribution in [2.24, 2.45) is 5.92 Å². The molecule has 1 unspecified atom stereocenters. The summed E-state index contributed by atoms with van der Waals surface area (Å²) >= 11 is 0. The van der Waals surface area contributed by atoms with Crippen molar-refractivity contribution in [3.8, 4) is 0 Å². The number of aryl methyl sites for hydroxylation is 1. The number of carbonyl (C=O) groups is 2. The second-order valence-corrected chi connectivity index (χ2v) is 9.02. The van der Waals surface area contributed by atoms with Crippen LogP contribution in [0.3, 0.4) is 0 Å². The molecule has 1 aromatic carbocycles. The number of carbonyl (C=O) groups excluding carboxylic acids is 2. The quantitative estimate of drug-likeness (QED) is 0.745. The van der Waals surface area contributed by atoms with E-state index in [1.165, 1.54) is 11.1 Å². The number of aromatic nitrogens is 1. The van der Waals surface area contributed by atoms with Crippen LogP contribution in [0.5, 0.6) is 0 Å². The lowest BCUT2D eigenvalue weighted by molar-refractivity contribution is -0.137. The molecule has 0 saturated carbocycles. The van der Waals surface area contributed by atoms with Crippen LogP contribution in [0, 0.1) is 12.8 Å². The highest BCUT2D eigenvalue weighted by Crippen LogP contribution is 2.28. The van der Waals surface area contributed by atoms with Gasteiger partial charge in [0.05, 0.1) is 11.6 Å². The summed E-state index contributed by atoms with van der Waals surface area (Å²) < 4.78 is 0. The standard InChI is InChI=1S/C25H32N4O2/c1-18(2)20-6-8-22(9-7-20)29-16-21(15-24(29)30)25(31)28-13-11-27(12-14-28)17-23-19(3)5-4-10-26-23/h4-10,18,21H,11-17H2,1-3H3. The third kappa shape index (κ3) is 4.79. The van der Waals surface area contributed by atoms with Gasteiger partial charge in [0.25, 0.3) is 0 Å². The van der Waals surface area contributed by atoms with Crippen molar-refractivity contribution >= 4 is 17.5 Å². The lowest BCUT2D eigenvalue weighted by Crippen LogP contribution is -2.50. The molecule has 1 aromatic heterocycles. The van der Waals surface area contributed by atoms with Crippen LogP contribution >= 0.6 is 0 Å². The first-order valence-electron chi connectivity index (χ1n) is 11.2. The number of hydrogen-bond acceptors (Lipinski definition) is 4. The third-order valence-electron chi connectivity index (χ3n) is 6.52. The van der Waals surface area contributed by atoms with Crippen LogP contribution in [0.1, 0.15) is 43.0 Å². The zero-order chi connectivity index (χ0) is 22.0. The maximum atomic E-state index is 13.1. The smallest absolute Gasteiger partial charge is 0.228 e. The summed E-state index contributed by atoms with van der Waals surface area (Å²) in [5.41, 5.74) is 4.44. The van der Waals surface area contributed by atoms with E-state index in [2.05, 4.69) is 48.9 Å². The summed E-state index contributed by atoms with van der Waals surface area (Å²) in [5.74, 6) is 0.364. The first-order valence-corrected chi connectivity index (χ1v) is 11.2. The zero-order valence-corrected chi connectivity index (χ0v) is 18.8. The van der Waals surface area contributed by atoms with Gasteiger partial charge in [-0.05, 0) is 42.2 Å². The average molecular weight is 421 g/mol. The largest absolute Gasteiger partial charge is 0.340 e. The molecule has 2 fully saturated rings. The Morgan fingerprint density at radius 2 is 1.81 bits per heavy atom. The highest BCUT2D eigenvalue weighted by molar-refractivity contribution is 6.00. The fourth-order valence-electron chi connectivity index (χ4n) is 4.44. The molecule has 2 amide bonds. The van der Waals surface area contributed by atoms with Crippen molar-refractivity contribution in [1.29, 1.82) is 0 Å². The van der Waals surface area contributed by atoms with Crippen LogP contribution in [0.2, 0.25) is 0 Å². The molecule has 2 aromatic rings. The number of piperazine rings is 1. The average Bonchev–Trinajstić information content (AvgIpc) is 3.17. The second-order valence-electron chi connectivity index (χ2n) is 9.02. The van der Waals surface area contributed by atoms with Crippen molar-refractivity contribution in [1.82, 2.24) is 14.8 Å². The van der Waals surface area contributed by atoms with E-state index >= 15 is 0 Å². The number of benzene rings is 1. The van der Waals surface area contributed by atoms with Gasteiger partial charge < -0.3 is 9.80 Å². The van der Waals surface area contributed by atoms with Crippen LogP contribution in [-0.4, -0.2) is 59.3 Å². The number of anilines is 1. The predicted octanol–water partition coefficient (Wildman–Crippen LogP) is 3.21. The molecule has 0 bridgehead atoms. The van der Waals surface area contributed by atoms with E-state index < -0.39 is 0 Å². The van der Waals surface area contributed by atoms with E-state index in [0.717, 1.165) is 31.0 Å². The normalized spacial score (nSPS) is 20.0. The monoisotopic (exact) mass is 420 g/mol. The van der Waals surface area contributed by atoms with Crippen LogP contribution < -0.4 is 4.90 Å². The van der Waals surface area contributed by atoms with Crippen molar-refractivity contribution in [3.63, 3.8) is 0 Å². The molecule has 2 saturated heterocycles. The fourth-order valence-corrected chi connectivity index (χ4v) is 4.44. The van der Waals surface area contributed by atoms with E-state index in [4.69, 9.17) is 0 Å². The fraction of sp³-hybridized carbons (Fsp3) is 0.480. The van der Waals surface area contributed by atoms with Gasteiger partial charge in [0, 0.05) is 57.6 Å². The van der Waals surface area contributed by atoms with Crippen molar-refractivity contribution in [2.45, 2.75) is 39.7 Å². The lowest BCUT2D eigenvalue weighted by atomic mass is 10.0. The molecule has 4 rings (SSSR count). The molecule has 6 nitrogen and oxygen atoms in total. The third-order valence-corrected chi connectivity index (χ3v) is 6.52. The summed E-state index contributed by atoms with van der Waals surface area (Å²) in [6, 6.07) is 12.2. The topological polar surface area (TPSA) is 56.8 Å². The highest BCUT2D eigenvalue weighted by Gasteiger charge is 2.38. The summed E-state index contributed by atoms with van der Waals surface area (Å²) in [6.07, 6.45) is 2.14. The number of nitrogens with zero attached hydrogens (tertiary/aromatic N) is 4. The molecular formula is C25H32N4O2. The van der Waals surface area contributed by atoms with Gasteiger partial charge in [-0.1, -0.05) is 32.0 Å². The molecule has 164 valence electrons. The number of amides is 2. The molecule has 0 spiro atoms. The van der Waals surface area contributed by atoms with Crippen LogP contribution in [-0.2, 0) is 16.1 Å². The minimum atomic E-state index is -0.248. The van der Waals surface area contributed by atoms with E-state index in [-0.39, 0.29) is 17.7 Å². The lowest BCUT2D eigenvalue weighted by Gasteiger charge is -2.35. The van der Waals surface area contributed by atoms with Crippen LogP contribution in [0.15, 0.2) is 42.6 Å². The minimum absolute atomic E-state index is 0.0416. The Balaban J connectivity index is 1.32. The van der Waals surface area contributed by atoms with E-state index in [1.807, 2.05) is 29.3 Å². The Morgan fingerprint density at radius 1 is 1.10 bits per heavy atom. The molecule has 1 atom stereocenters. The SMILES string of the molecule is Cc1cccnc1CN1CCN(C(=O)C2CC(=O)N(c3ccc(C(C)C)cc3)C2)CC1. The first-order chi connectivity index (χ1) is 14.9.